The van der Waals surface area contributed by atoms with E-state index in [9.17, 15) is 0 Å². The highest BCUT2D eigenvalue weighted by Gasteiger charge is 2.23. The predicted octanol–water partition coefficient (Wildman–Crippen LogP) is 3.66. The SMILES string of the molecule is CC(C)(Cn1cnc2cc(N)ccc21)c1cccs1. The first-order valence-corrected chi connectivity index (χ1v) is 7.18. The highest BCUT2D eigenvalue weighted by Crippen LogP contribution is 2.30. The monoisotopic (exact) mass is 271 g/mol. The van der Waals surface area contributed by atoms with E-state index in [0.29, 0.717) is 0 Å². The van der Waals surface area contributed by atoms with E-state index in [2.05, 4.69) is 40.9 Å². The minimum absolute atomic E-state index is 0.100. The molecule has 2 aromatic heterocycles. The molecule has 0 saturated heterocycles. The van der Waals surface area contributed by atoms with E-state index in [-0.39, 0.29) is 5.41 Å². The molecule has 98 valence electrons. The zero-order chi connectivity index (χ0) is 13.5. The van der Waals surface area contributed by atoms with Gasteiger partial charge in [-0.05, 0) is 29.6 Å². The number of anilines is 1. The fraction of sp³-hybridized carbons (Fsp3) is 0.267. The van der Waals surface area contributed by atoms with Crippen LogP contribution in [0, 0.1) is 0 Å². The first-order chi connectivity index (χ1) is 9.06. The van der Waals surface area contributed by atoms with Gasteiger partial charge in [0.15, 0.2) is 0 Å². The van der Waals surface area contributed by atoms with Crippen molar-refractivity contribution in [2.75, 3.05) is 5.73 Å². The lowest BCUT2D eigenvalue weighted by atomic mass is 9.91. The van der Waals surface area contributed by atoms with Gasteiger partial charge in [-0.15, -0.1) is 11.3 Å². The van der Waals surface area contributed by atoms with Gasteiger partial charge in [-0.2, -0.15) is 0 Å². The van der Waals surface area contributed by atoms with Crippen molar-refractivity contribution in [3.63, 3.8) is 0 Å². The Morgan fingerprint density at radius 3 is 2.89 bits per heavy atom. The molecule has 0 bridgehead atoms. The van der Waals surface area contributed by atoms with Gasteiger partial charge in [-0.1, -0.05) is 19.9 Å². The van der Waals surface area contributed by atoms with Crippen LogP contribution in [0.2, 0.25) is 0 Å². The molecule has 1 aromatic carbocycles. The lowest BCUT2D eigenvalue weighted by molar-refractivity contribution is 0.449. The van der Waals surface area contributed by atoms with Crippen molar-refractivity contribution in [2.45, 2.75) is 25.8 Å². The molecule has 0 spiro atoms. The molecule has 4 heteroatoms. The molecule has 0 aliphatic rings. The molecule has 3 rings (SSSR count). The van der Waals surface area contributed by atoms with Crippen LogP contribution in [0.3, 0.4) is 0 Å². The Bertz CT molecular complexity index is 695. The lowest BCUT2D eigenvalue weighted by Gasteiger charge is -2.24. The molecule has 2 N–H and O–H groups in total. The molecule has 3 nitrogen and oxygen atoms in total. The number of nitrogen functional groups attached to an aromatic ring is 1. The van der Waals surface area contributed by atoms with E-state index >= 15 is 0 Å². The third kappa shape index (κ3) is 2.24. The van der Waals surface area contributed by atoms with Gasteiger partial charge in [-0.3, -0.25) is 0 Å². The third-order valence-corrected chi connectivity index (χ3v) is 4.63. The third-order valence-electron chi connectivity index (χ3n) is 3.40. The average molecular weight is 271 g/mol. The van der Waals surface area contributed by atoms with Crippen molar-refractivity contribution >= 4 is 28.1 Å². The second kappa shape index (κ2) is 4.38. The van der Waals surface area contributed by atoms with Gasteiger partial charge in [-0.25, -0.2) is 4.98 Å². The fourth-order valence-electron chi connectivity index (χ4n) is 2.37. The van der Waals surface area contributed by atoms with Gasteiger partial charge in [0.1, 0.15) is 0 Å². The van der Waals surface area contributed by atoms with Crippen molar-refractivity contribution in [1.29, 1.82) is 0 Å². The summed E-state index contributed by atoms with van der Waals surface area (Å²) in [6.45, 7) is 5.44. The fourth-order valence-corrected chi connectivity index (χ4v) is 3.22. The van der Waals surface area contributed by atoms with Crippen molar-refractivity contribution in [2.24, 2.45) is 0 Å². The molecule has 0 aliphatic heterocycles. The minimum Gasteiger partial charge on any atom is -0.399 e. The lowest BCUT2D eigenvalue weighted by Crippen LogP contribution is -2.22. The number of hydrogen-bond donors (Lipinski definition) is 1. The van der Waals surface area contributed by atoms with Gasteiger partial charge in [0, 0.05) is 22.5 Å². The molecule has 0 aliphatic carbocycles. The summed E-state index contributed by atoms with van der Waals surface area (Å²) < 4.78 is 2.20. The zero-order valence-electron chi connectivity index (χ0n) is 11.1. The van der Waals surface area contributed by atoms with Gasteiger partial charge >= 0.3 is 0 Å². The quantitative estimate of drug-likeness (QED) is 0.739. The first kappa shape index (κ1) is 12.2. The molecule has 0 radical (unpaired) electrons. The van der Waals surface area contributed by atoms with Crippen molar-refractivity contribution in [3.05, 3.63) is 46.9 Å². The highest BCUT2D eigenvalue weighted by atomic mass is 32.1. The van der Waals surface area contributed by atoms with Crippen LogP contribution >= 0.6 is 11.3 Å². The first-order valence-electron chi connectivity index (χ1n) is 6.31. The van der Waals surface area contributed by atoms with E-state index in [1.807, 2.05) is 24.5 Å². The van der Waals surface area contributed by atoms with E-state index in [1.54, 1.807) is 11.3 Å². The number of fused-ring (bicyclic) bond motifs is 1. The second-order valence-electron chi connectivity index (χ2n) is 5.48. The molecule has 19 heavy (non-hydrogen) atoms. The summed E-state index contributed by atoms with van der Waals surface area (Å²) in [6.07, 6.45) is 1.90. The van der Waals surface area contributed by atoms with E-state index in [1.165, 1.54) is 4.88 Å². The van der Waals surface area contributed by atoms with Crippen molar-refractivity contribution in [1.82, 2.24) is 9.55 Å². The van der Waals surface area contributed by atoms with E-state index < -0.39 is 0 Å². The molecule has 3 aromatic rings. The molecular weight excluding hydrogens is 254 g/mol. The maximum atomic E-state index is 5.79. The summed E-state index contributed by atoms with van der Waals surface area (Å²) >= 11 is 1.81. The Labute approximate surface area is 116 Å². The highest BCUT2D eigenvalue weighted by molar-refractivity contribution is 7.10. The molecular formula is C15H17N3S. The maximum Gasteiger partial charge on any atom is 0.0958 e. The Kier molecular flexibility index (Phi) is 2.82. The molecule has 2 heterocycles. The molecule has 0 atom stereocenters. The summed E-state index contributed by atoms with van der Waals surface area (Å²) in [5, 5.41) is 2.13. The minimum atomic E-state index is 0.100. The Balaban J connectivity index is 1.98. The van der Waals surface area contributed by atoms with Crippen LogP contribution in [0.15, 0.2) is 42.0 Å². The number of nitrogens with zero attached hydrogens (tertiary/aromatic N) is 2. The van der Waals surface area contributed by atoms with Crippen LogP contribution in [-0.2, 0) is 12.0 Å². The number of thiophene rings is 1. The number of nitrogens with two attached hydrogens (primary N) is 1. The number of imidazole rings is 1. The largest absolute Gasteiger partial charge is 0.399 e. The molecule has 0 fully saturated rings. The van der Waals surface area contributed by atoms with Crippen LogP contribution in [0.1, 0.15) is 18.7 Å². The van der Waals surface area contributed by atoms with Gasteiger partial charge < -0.3 is 10.3 Å². The van der Waals surface area contributed by atoms with Crippen LogP contribution in [-0.4, -0.2) is 9.55 Å². The normalized spacial score (nSPS) is 12.1. The van der Waals surface area contributed by atoms with E-state index in [0.717, 1.165) is 23.3 Å². The average Bonchev–Trinajstić information content (AvgIpc) is 2.98. The van der Waals surface area contributed by atoms with Crippen molar-refractivity contribution < 1.29 is 0 Å². The Morgan fingerprint density at radius 2 is 2.16 bits per heavy atom. The maximum absolute atomic E-state index is 5.79. The van der Waals surface area contributed by atoms with Crippen LogP contribution in [0.25, 0.3) is 11.0 Å². The summed E-state index contributed by atoms with van der Waals surface area (Å²) in [6, 6.07) is 10.2. The van der Waals surface area contributed by atoms with Crippen LogP contribution < -0.4 is 5.73 Å². The molecule has 0 unspecified atom stereocenters. The van der Waals surface area contributed by atoms with Gasteiger partial charge in [0.25, 0.3) is 0 Å². The van der Waals surface area contributed by atoms with Gasteiger partial charge in [0.2, 0.25) is 0 Å². The Hall–Kier alpha value is -1.81. The molecule has 0 saturated carbocycles. The number of hydrogen-bond acceptors (Lipinski definition) is 3. The van der Waals surface area contributed by atoms with Crippen molar-refractivity contribution in [3.8, 4) is 0 Å². The van der Waals surface area contributed by atoms with E-state index in [4.69, 9.17) is 5.73 Å². The number of benzene rings is 1. The summed E-state index contributed by atoms with van der Waals surface area (Å²) in [5.74, 6) is 0. The summed E-state index contributed by atoms with van der Waals surface area (Å²) in [7, 11) is 0. The smallest absolute Gasteiger partial charge is 0.0958 e. The number of aromatic nitrogens is 2. The summed E-state index contributed by atoms with van der Waals surface area (Å²) in [4.78, 5) is 5.82. The zero-order valence-corrected chi connectivity index (χ0v) is 11.9. The van der Waals surface area contributed by atoms with Crippen LogP contribution in [0.5, 0.6) is 0 Å². The Morgan fingerprint density at radius 1 is 1.32 bits per heavy atom. The van der Waals surface area contributed by atoms with Gasteiger partial charge in [0.05, 0.1) is 17.4 Å². The van der Waals surface area contributed by atoms with Crippen LogP contribution in [0.4, 0.5) is 5.69 Å². The topological polar surface area (TPSA) is 43.8 Å². The second-order valence-corrected chi connectivity index (χ2v) is 6.43. The molecule has 0 amide bonds. The standard InChI is InChI=1S/C15H17N3S/c1-15(2,14-4-3-7-19-14)9-18-10-17-12-8-11(16)5-6-13(12)18/h3-8,10H,9,16H2,1-2H3. The summed E-state index contributed by atoms with van der Waals surface area (Å²) in [5.41, 5.74) is 8.75. The predicted molar refractivity (Wildman–Crippen MR) is 81.5 cm³/mol. The number of rotatable bonds is 3.